The van der Waals surface area contributed by atoms with Gasteiger partial charge in [0.25, 0.3) is 5.91 Å². The van der Waals surface area contributed by atoms with Crippen molar-refractivity contribution >= 4 is 33.9 Å². The van der Waals surface area contributed by atoms with Gasteiger partial charge in [0, 0.05) is 4.47 Å². The SMILES string of the molecule is COc1cc(/C=C2\NC(=O)NC2=O)c(Br)cc1OCc1ccccc1. The van der Waals surface area contributed by atoms with E-state index in [1.807, 2.05) is 30.3 Å². The van der Waals surface area contributed by atoms with E-state index in [2.05, 4.69) is 26.6 Å². The van der Waals surface area contributed by atoms with Gasteiger partial charge in [0.2, 0.25) is 0 Å². The summed E-state index contributed by atoms with van der Waals surface area (Å²) in [4.78, 5) is 22.8. The lowest BCUT2D eigenvalue weighted by Crippen LogP contribution is -2.22. The van der Waals surface area contributed by atoms with Crippen LogP contribution in [0, 0.1) is 0 Å². The van der Waals surface area contributed by atoms with Crippen molar-refractivity contribution in [1.82, 2.24) is 10.6 Å². The van der Waals surface area contributed by atoms with E-state index in [9.17, 15) is 9.59 Å². The lowest BCUT2D eigenvalue weighted by atomic mass is 10.1. The molecule has 1 aliphatic rings. The van der Waals surface area contributed by atoms with Gasteiger partial charge in [-0.1, -0.05) is 46.3 Å². The molecule has 3 amide bonds. The molecule has 0 unspecified atom stereocenters. The monoisotopic (exact) mass is 402 g/mol. The summed E-state index contributed by atoms with van der Waals surface area (Å²) in [5, 5.41) is 4.60. The molecule has 7 heteroatoms. The number of ether oxygens (including phenoxy) is 2. The van der Waals surface area contributed by atoms with Crippen LogP contribution in [0.2, 0.25) is 0 Å². The van der Waals surface area contributed by atoms with E-state index in [1.54, 1.807) is 25.3 Å². The quantitative estimate of drug-likeness (QED) is 0.594. The van der Waals surface area contributed by atoms with Crippen molar-refractivity contribution in [1.29, 1.82) is 0 Å². The zero-order valence-corrected chi connectivity index (χ0v) is 14.9. The van der Waals surface area contributed by atoms with Crippen LogP contribution in [0.4, 0.5) is 4.79 Å². The lowest BCUT2D eigenvalue weighted by Gasteiger charge is -2.13. The third kappa shape index (κ3) is 4.00. The molecule has 2 N–H and O–H groups in total. The highest BCUT2D eigenvalue weighted by molar-refractivity contribution is 9.10. The second kappa shape index (κ2) is 7.40. The van der Waals surface area contributed by atoms with E-state index in [0.717, 1.165) is 5.56 Å². The van der Waals surface area contributed by atoms with Gasteiger partial charge in [-0.05, 0) is 29.3 Å². The first kappa shape index (κ1) is 17.0. The Morgan fingerprint density at radius 3 is 2.48 bits per heavy atom. The van der Waals surface area contributed by atoms with Gasteiger partial charge in [0.1, 0.15) is 12.3 Å². The van der Waals surface area contributed by atoms with Crippen LogP contribution in [-0.2, 0) is 11.4 Å². The van der Waals surface area contributed by atoms with Crippen LogP contribution in [0.5, 0.6) is 11.5 Å². The average Bonchev–Trinajstić information content (AvgIpc) is 2.93. The minimum atomic E-state index is -0.540. The fourth-order valence-corrected chi connectivity index (χ4v) is 2.74. The standard InChI is InChI=1S/C18H15BrN2O4/c1-24-15-8-12(7-14-17(22)21-18(23)20-14)13(19)9-16(15)25-10-11-5-3-2-4-6-11/h2-9H,10H2,1H3,(H2,20,21,22,23)/b14-7-. The molecule has 128 valence electrons. The summed E-state index contributed by atoms with van der Waals surface area (Å²) in [5.74, 6) is 0.622. The van der Waals surface area contributed by atoms with Crippen LogP contribution in [0.1, 0.15) is 11.1 Å². The number of methoxy groups -OCH3 is 1. The van der Waals surface area contributed by atoms with Gasteiger partial charge in [-0.2, -0.15) is 0 Å². The molecule has 1 saturated heterocycles. The van der Waals surface area contributed by atoms with Crippen LogP contribution in [-0.4, -0.2) is 19.0 Å². The van der Waals surface area contributed by atoms with Gasteiger partial charge in [-0.25, -0.2) is 4.79 Å². The molecule has 1 fully saturated rings. The van der Waals surface area contributed by atoms with Gasteiger partial charge in [0.05, 0.1) is 7.11 Å². The van der Waals surface area contributed by atoms with Crippen molar-refractivity contribution in [2.75, 3.05) is 7.11 Å². The van der Waals surface area contributed by atoms with Gasteiger partial charge >= 0.3 is 6.03 Å². The van der Waals surface area contributed by atoms with Gasteiger partial charge in [-0.3, -0.25) is 10.1 Å². The average molecular weight is 403 g/mol. The molecule has 2 aromatic rings. The number of rotatable bonds is 5. The van der Waals surface area contributed by atoms with E-state index in [4.69, 9.17) is 9.47 Å². The normalized spacial score (nSPS) is 15.0. The first-order valence-electron chi connectivity index (χ1n) is 7.45. The fourth-order valence-electron chi connectivity index (χ4n) is 2.31. The minimum Gasteiger partial charge on any atom is -0.493 e. The molecule has 2 aromatic carbocycles. The number of carbonyl (C=O) groups excluding carboxylic acids is 2. The third-order valence-corrected chi connectivity index (χ3v) is 4.23. The van der Waals surface area contributed by atoms with Crippen molar-refractivity contribution in [3.05, 3.63) is 63.8 Å². The fraction of sp³-hybridized carbons (Fsp3) is 0.111. The summed E-state index contributed by atoms with van der Waals surface area (Å²) in [6, 6.07) is 12.7. The van der Waals surface area contributed by atoms with Crippen molar-refractivity contribution in [3.63, 3.8) is 0 Å². The van der Waals surface area contributed by atoms with Crippen LogP contribution >= 0.6 is 15.9 Å². The maximum absolute atomic E-state index is 11.6. The Hall–Kier alpha value is -2.80. The van der Waals surface area contributed by atoms with Crippen LogP contribution < -0.4 is 20.1 Å². The molecule has 25 heavy (non-hydrogen) atoms. The van der Waals surface area contributed by atoms with Crippen LogP contribution in [0.15, 0.2) is 52.6 Å². The molecule has 1 aliphatic heterocycles. The summed E-state index contributed by atoms with van der Waals surface area (Å²) < 4.78 is 11.9. The lowest BCUT2D eigenvalue weighted by molar-refractivity contribution is -0.115. The number of hydrogen-bond donors (Lipinski definition) is 2. The smallest absolute Gasteiger partial charge is 0.326 e. The van der Waals surface area contributed by atoms with Crippen molar-refractivity contribution in [2.45, 2.75) is 6.61 Å². The molecule has 1 heterocycles. The Kier molecular flexibility index (Phi) is 5.04. The zero-order chi connectivity index (χ0) is 17.8. The molecule has 0 bridgehead atoms. The van der Waals surface area contributed by atoms with Gasteiger partial charge < -0.3 is 14.8 Å². The number of halogens is 1. The number of imide groups is 1. The second-order valence-corrected chi connectivity index (χ2v) is 6.12. The Labute approximate surface area is 153 Å². The summed E-state index contributed by atoms with van der Waals surface area (Å²) >= 11 is 3.45. The predicted octanol–water partition coefficient (Wildman–Crippen LogP) is 3.22. The summed E-state index contributed by atoms with van der Waals surface area (Å²) in [6.07, 6.45) is 1.56. The number of amides is 3. The van der Waals surface area contributed by atoms with Crippen LogP contribution in [0.25, 0.3) is 6.08 Å². The number of nitrogens with one attached hydrogen (secondary N) is 2. The summed E-state index contributed by atoms with van der Waals surface area (Å²) in [7, 11) is 1.54. The number of urea groups is 1. The molecule has 0 aromatic heterocycles. The van der Waals surface area contributed by atoms with E-state index in [-0.39, 0.29) is 5.70 Å². The molecular weight excluding hydrogens is 388 g/mol. The Morgan fingerprint density at radius 2 is 1.84 bits per heavy atom. The first-order chi connectivity index (χ1) is 12.1. The second-order valence-electron chi connectivity index (χ2n) is 5.27. The molecule has 0 radical (unpaired) electrons. The number of hydrogen-bond acceptors (Lipinski definition) is 4. The Morgan fingerprint density at radius 1 is 1.08 bits per heavy atom. The maximum atomic E-state index is 11.6. The van der Waals surface area contributed by atoms with Crippen molar-refractivity contribution in [3.8, 4) is 11.5 Å². The maximum Gasteiger partial charge on any atom is 0.326 e. The predicted molar refractivity (Wildman–Crippen MR) is 96.1 cm³/mol. The van der Waals surface area contributed by atoms with Crippen molar-refractivity contribution < 1.29 is 19.1 Å². The largest absolute Gasteiger partial charge is 0.493 e. The molecule has 6 nitrogen and oxygen atoms in total. The van der Waals surface area contributed by atoms with Crippen LogP contribution in [0.3, 0.4) is 0 Å². The topological polar surface area (TPSA) is 76.7 Å². The Balaban J connectivity index is 1.84. The molecule has 0 aliphatic carbocycles. The molecule has 3 rings (SSSR count). The first-order valence-corrected chi connectivity index (χ1v) is 8.24. The summed E-state index contributed by atoms with van der Waals surface area (Å²) in [5.41, 5.74) is 1.89. The summed E-state index contributed by atoms with van der Waals surface area (Å²) in [6.45, 7) is 0.405. The van der Waals surface area contributed by atoms with E-state index >= 15 is 0 Å². The highest BCUT2D eigenvalue weighted by Gasteiger charge is 2.23. The molecular formula is C18H15BrN2O4. The number of carbonyl (C=O) groups is 2. The Bertz CT molecular complexity index is 850. The van der Waals surface area contributed by atoms with E-state index < -0.39 is 11.9 Å². The van der Waals surface area contributed by atoms with Crippen molar-refractivity contribution in [2.24, 2.45) is 0 Å². The van der Waals surface area contributed by atoms with Gasteiger partial charge in [-0.15, -0.1) is 0 Å². The highest BCUT2D eigenvalue weighted by Crippen LogP contribution is 2.35. The molecule has 0 saturated carbocycles. The van der Waals surface area contributed by atoms with E-state index in [1.165, 1.54) is 0 Å². The van der Waals surface area contributed by atoms with Gasteiger partial charge in [0.15, 0.2) is 11.5 Å². The zero-order valence-electron chi connectivity index (χ0n) is 13.3. The third-order valence-electron chi connectivity index (χ3n) is 3.54. The van der Waals surface area contributed by atoms with E-state index in [0.29, 0.717) is 28.1 Å². The minimum absolute atomic E-state index is 0.172. The molecule has 0 atom stereocenters. The highest BCUT2D eigenvalue weighted by atomic mass is 79.9. The number of benzene rings is 2. The molecule has 0 spiro atoms.